The summed E-state index contributed by atoms with van der Waals surface area (Å²) in [6.07, 6.45) is 1.23. The molecule has 0 amide bonds. The van der Waals surface area contributed by atoms with Crippen LogP contribution in [0.3, 0.4) is 0 Å². The average Bonchev–Trinajstić information content (AvgIpc) is 2.98. The molecule has 0 saturated heterocycles. The molecule has 0 spiro atoms. The van der Waals surface area contributed by atoms with Crippen molar-refractivity contribution in [3.63, 3.8) is 0 Å². The van der Waals surface area contributed by atoms with Gasteiger partial charge >= 0.3 is 0 Å². The molecule has 0 bridgehead atoms. The van der Waals surface area contributed by atoms with Gasteiger partial charge in [0.25, 0.3) is 0 Å². The highest BCUT2D eigenvalue weighted by Gasteiger charge is 2.13. The van der Waals surface area contributed by atoms with Crippen molar-refractivity contribution in [2.45, 2.75) is 0 Å². The fourth-order valence-electron chi connectivity index (χ4n) is 1.38. The number of nitrogens with two attached hydrogens (primary N) is 1. The standard InChI is InChI=1S/C13H12N4OS/c14-15-9-11(13(18)12-7-4-8-19-12)17-16-10-5-2-1-3-6-10/h1-9,16H,14H2/b15-9-,17-11-. The van der Waals surface area contributed by atoms with Gasteiger partial charge in [-0.05, 0) is 23.6 Å². The largest absolute Gasteiger partial charge is 0.323 e. The summed E-state index contributed by atoms with van der Waals surface area (Å²) in [5.74, 6) is 4.89. The minimum absolute atomic E-state index is 0.161. The van der Waals surface area contributed by atoms with Gasteiger partial charge in [0.2, 0.25) is 5.78 Å². The number of rotatable bonds is 5. The molecule has 0 fully saturated rings. The molecule has 0 radical (unpaired) electrons. The summed E-state index contributed by atoms with van der Waals surface area (Å²) in [6, 6.07) is 12.9. The van der Waals surface area contributed by atoms with Gasteiger partial charge in [0.1, 0.15) is 0 Å². The third-order valence-electron chi connectivity index (χ3n) is 2.25. The number of para-hydroxylation sites is 1. The molecule has 3 N–H and O–H groups in total. The van der Waals surface area contributed by atoms with Crippen molar-refractivity contribution >= 4 is 34.7 Å². The Labute approximate surface area is 114 Å². The van der Waals surface area contributed by atoms with Gasteiger partial charge in [-0.2, -0.15) is 10.2 Å². The number of hydrazone groups is 2. The van der Waals surface area contributed by atoms with E-state index in [4.69, 9.17) is 5.84 Å². The Morgan fingerprint density at radius 3 is 2.63 bits per heavy atom. The van der Waals surface area contributed by atoms with E-state index in [9.17, 15) is 4.79 Å². The number of nitrogens with one attached hydrogen (secondary N) is 1. The third kappa shape index (κ3) is 3.49. The van der Waals surface area contributed by atoms with Crippen molar-refractivity contribution < 1.29 is 4.79 Å². The van der Waals surface area contributed by atoms with Gasteiger partial charge in [-0.3, -0.25) is 10.2 Å². The Morgan fingerprint density at radius 2 is 2.00 bits per heavy atom. The van der Waals surface area contributed by atoms with E-state index < -0.39 is 0 Å². The number of Topliss-reactive ketones (excluding diaryl/α,β-unsaturated/α-hetero) is 1. The third-order valence-corrected chi connectivity index (χ3v) is 3.12. The Morgan fingerprint density at radius 1 is 1.21 bits per heavy atom. The quantitative estimate of drug-likeness (QED) is 0.379. The summed E-state index contributed by atoms with van der Waals surface area (Å²) in [7, 11) is 0. The van der Waals surface area contributed by atoms with Crippen LogP contribution in [0, 0.1) is 0 Å². The second-order valence-electron chi connectivity index (χ2n) is 3.56. The molecule has 0 atom stereocenters. The van der Waals surface area contributed by atoms with Crippen molar-refractivity contribution in [3.8, 4) is 0 Å². The first-order chi connectivity index (χ1) is 9.31. The minimum atomic E-state index is -0.215. The van der Waals surface area contributed by atoms with Gasteiger partial charge < -0.3 is 5.84 Å². The summed E-state index contributed by atoms with van der Waals surface area (Å²) in [4.78, 5) is 12.7. The molecule has 5 nitrogen and oxygen atoms in total. The fourth-order valence-corrected chi connectivity index (χ4v) is 2.05. The predicted molar refractivity (Wildman–Crippen MR) is 78.8 cm³/mol. The molecule has 0 aliphatic heterocycles. The highest BCUT2D eigenvalue weighted by molar-refractivity contribution is 7.13. The van der Waals surface area contributed by atoms with Crippen LogP contribution in [-0.4, -0.2) is 17.7 Å². The summed E-state index contributed by atoms with van der Waals surface area (Å²) in [5, 5.41) is 9.23. The molecule has 2 rings (SSSR count). The molecule has 0 unspecified atom stereocenters. The minimum Gasteiger partial charge on any atom is -0.323 e. The van der Waals surface area contributed by atoms with Crippen LogP contribution in [0.1, 0.15) is 9.67 Å². The first kappa shape index (κ1) is 13.0. The number of hydrogen-bond donors (Lipinski definition) is 2. The highest BCUT2D eigenvalue weighted by atomic mass is 32.1. The maximum Gasteiger partial charge on any atom is 0.224 e. The Balaban J connectivity index is 2.18. The lowest BCUT2D eigenvalue weighted by molar-refractivity contribution is 0.107. The van der Waals surface area contributed by atoms with Gasteiger partial charge in [0.05, 0.1) is 16.8 Å². The topological polar surface area (TPSA) is 79.8 Å². The van der Waals surface area contributed by atoms with E-state index >= 15 is 0 Å². The van der Waals surface area contributed by atoms with E-state index in [0.717, 1.165) is 5.69 Å². The summed E-state index contributed by atoms with van der Waals surface area (Å²) < 4.78 is 0. The maximum atomic E-state index is 12.1. The van der Waals surface area contributed by atoms with E-state index in [2.05, 4.69) is 15.6 Å². The number of carbonyl (C=O) groups excluding carboxylic acids is 1. The van der Waals surface area contributed by atoms with Gasteiger partial charge in [-0.25, -0.2) is 0 Å². The van der Waals surface area contributed by atoms with Gasteiger partial charge in [-0.1, -0.05) is 24.3 Å². The van der Waals surface area contributed by atoms with Crippen LogP contribution in [0.25, 0.3) is 0 Å². The van der Waals surface area contributed by atoms with Crippen LogP contribution in [-0.2, 0) is 0 Å². The fraction of sp³-hybridized carbons (Fsp3) is 0. The van der Waals surface area contributed by atoms with Crippen LogP contribution in [0.15, 0.2) is 58.0 Å². The van der Waals surface area contributed by atoms with Crippen LogP contribution in [0.5, 0.6) is 0 Å². The number of hydrogen-bond acceptors (Lipinski definition) is 6. The smallest absolute Gasteiger partial charge is 0.224 e. The predicted octanol–water partition coefficient (Wildman–Crippen LogP) is 2.34. The number of nitrogens with zero attached hydrogens (tertiary/aromatic N) is 2. The van der Waals surface area contributed by atoms with Crippen LogP contribution >= 0.6 is 11.3 Å². The van der Waals surface area contributed by atoms with Crippen molar-refractivity contribution in [1.29, 1.82) is 0 Å². The number of ketones is 1. The molecular weight excluding hydrogens is 260 g/mol. The number of carbonyl (C=O) groups is 1. The lowest BCUT2D eigenvalue weighted by Gasteiger charge is -2.01. The normalized spacial score (nSPS) is 11.7. The van der Waals surface area contributed by atoms with E-state index in [-0.39, 0.29) is 11.5 Å². The Bertz CT molecular complexity index is 590. The first-order valence-electron chi connectivity index (χ1n) is 5.51. The van der Waals surface area contributed by atoms with Gasteiger partial charge in [0.15, 0.2) is 5.71 Å². The second-order valence-corrected chi connectivity index (χ2v) is 4.51. The van der Waals surface area contributed by atoms with Crippen molar-refractivity contribution in [2.75, 3.05) is 5.43 Å². The SMILES string of the molecule is N/N=C\C(=N\Nc1ccccc1)C(=O)c1cccs1. The molecule has 6 heteroatoms. The van der Waals surface area contributed by atoms with E-state index in [0.29, 0.717) is 4.88 Å². The molecule has 19 heavy (non-hydrogen) atoms. The van der Waals surface area contributed by atoms with Crippen molar-refractivity contribution in [2.24, 2.45) is 16.0 Å². The van der Waals surface area contributed by atoms with Gasteiger partial charge in [-0.15, -0.1) is 11.3 Å². The highest BCUT2D eigenvalue weighted by Crippen LogP contribution is 2.10. The summed E-state index contributed by atoms with van der Waals surface area (Å²) in [5.41, 5.74) is 3.74. The summed E-state index contributed by atoms with van der Waals surface area (Å²) >= 11 is 1.35. The lowest BCUT2D eigenvalue weighted by atomic mass is 10.2. The summed E-state index contributed by atoms with van der Waals surface area (Å²) in [6.45, 7) is 0. The first-order valence-corrected chi connectivity index (χ1v) is 6.39. The molecule has 0 saturated carbocycles. The molecule has 1 aromatic carbocycles. The van der Waals surface area contributed by atoms with E-state index in [1.54, 1.807) is 12.1 Å². The van der Waals surface area contributed by atoms with Crippen molar-refractivity contribution in [1.82, 2.24) is 0 Å². The lowest BCUT2D eigenvalue weighted by Crippen LogP contribution is -2.17. The molecule has 0 aliphatic carbocycles. The van der Waals surface area contributed by atoms with Crippen LogP contribution in [0.4, 0.5) is 5.69 Å². The average molecular weight is 272 g/mol. The van der Waals surface area contributed by atoms with Crippen molar-refractivity contribution in [3.05, 3.63) is 52.7 Å². The Kier molecular flexibility index (Phi) is 4.41. The molecule has 96 valence electrons. The number of benzene rings is 1. The zero-order valence-corrected chi connectivity index (χ0v) is 10.8. The van der Waals surface area contributed by atoms with Crippen LogP contribution < -0.4 is 11.3 Å². The molecule has 1 aromatic heterocycles. The molecule has 1 heterocycles. The van der Waals surface area contributed by atoms with Gasteiger partial charge in [0, 0.05) is 0 Å². The van der Waals surface area contributed by atoms with E-state index in [1.807, 2.05) is 35.7 Å². The molecular formula is C13H12N4OS. The number of anilines is 1. The second kappa shape index (κ2) is 6.46. The van der Waals surface area contributed by atoms with Crippen LogP contribution in [0.2, 0.25) is 0 Å². The molecule has 2 aromatic rings. The zero-order valence-electron chi connectivity index (χ0n) is 9.98. The van der Waals surface area contributed by atoms with E-state index in [1.165, 1.54) is 17.6 Å². The monoisotopic (exact) mass is 272 g/mol. The maximum absolute atomic E-state index is 12.1. The molecule has 0 aliphatic rings. The number of thiophene rings is 1. The Hall–Kier alpha value is -2.47. The zero-order chi connectivity index (χ0) is 13.5.